The highest BCUT2D eigenvalue weighted by atomic mass is 28.4. The fourth-order valence-corrected chi connectivity index (χ4v) is 11.6. The summed E-state index contributed by atoms with van der Waals surface area (Å²) in [6.45, 7) is 19.7. The fourth-order valence-electron chi connectivity index (χ4n) is 10.2. The number of hydrogen-bond acceptors (Lipinski definition) is 2. The molecule has 234 valence electrons. The molecule has 4 rings (SSSR count). The molecule has 1 N–H and O–H groups in total. The van der Waals surface area contributed by atoms with Gasteiger partial charge in [-0.2, -0.15) is 0 Å². The average molecular weight is 575 g/mol. The SMILES string of the molecule is CCCCCCCCCCCC[C@]1(O)CC[C@@]2(C)[C@@H](CC[C@@H]3[C@@H]2CC[C@]2(C)[C@@H](O[Si](C)(C)C(C)(C)C)CC[C@@H]32)C1. The minimum absolute atomic E-state index is 0.289. The van der Waals surface area contributed by atoms with Gasteiger partial charge in [0.25, 0.3) is 0 Å². The molecule has 0 radical (unpaired) electrons. The summed E-state index contributed by atoms with van der Waals surface area (Å²) < 4.78 is 7.17. The lowest BCUT2D eigenvalue weighted by Crippen LogP contribution is -2.57. The lowest BCUT2D eigenvalue weighted by molar-refractivity contribution is -0.155. The van der Waals surface area contributed by atoms with E-state index in [-0.39, 0.29) is 10.6 Å². The molecular weight excluding hydrogens is 504 g/mol. The lowest BCUT2D eigenvalue weighted by atomic mass is 9.44. The molecule has 0 saturated heterocycles. The second kappa shape index (κ2) is 13.0. The van der Waals surface area contributed by atoms with Gasteiger partial charge >= 0.3 is 0 Å². The number of fused-ring (bicyclic) bond motifs is 5. The summed E-state index contributed by atoms with van der Waals surface area (Å²) in [6.07, 6.45) is 26.9. The molecule has 0 aromatic heterocycles. The van der Waals surface area contributed by atoms with E-state index in [0.29, 0.717) is 16.9 Å². The van der Waals surface area contributed by atoms with Crippen molar-refractivity contribution in [3.05, 3.63) is 0 Å². The quantitative estimate of drug-likeness (QED) is 0.175. The van der Waals surface area contributed by atoms with Gasteiger partial charge < -0.3 is 9.53 Å². The van der Waals surface area contributed by atoms with Crippen LogP contribution in [0, 0.1) is 34.5 Å². The van der Waals surface area contributed by atoms with Crippen LogP contribution in [0.15, 0.2) is 0 Å². The Kier molecular flexibility index (Phi) is 10.7. The molecule has 40 heavy (non-hydrogen) atoms. The Bertz CT molecular complexity index is 802. The number of aliphatic hydroxyl groups is 1. The summed E-state index contributed by atoms with van der Waals surface area (Å²) in [6, 6.07) is 0. The van der Waals surface area contributed by atoms with Crippen LogP contribution in [0.1, 0.15) is 170 Å². The maximum Gasteiger partial charge on any atom is 0.192 e. The highest BCUT2D eigenvalue weighted by Gasteiger charge is 2.62. The molecule has 0 heterocycles. The van der Waals surface area contributed by atoms with Gasteiger partial charge in [0.15, 0.2) is 8.32 Å². The topological polar surface area (TPSA) is 29.5 Å². The van der Waals surface area contributed by atoms with Crippen LogP contribution in [0.25, 0.3) is 0 Å². The molecule has 8 atom stereocenters. The number of unbranched alkanes of at least 4 members (excludes halogenated alkanes) is 9. The maximum absolute atomic E-state index is 11.7. The van der Waals surface area contributed by atoms with Crippen molar-refractivity contribution in [2.24, 2.45) is 34.5 Å². The Hall–Kier alpha value is 0.137. The van der Waals surface area contributed by atoms with Gasteiger partial charge in [0.1, 0.15) is 0 Å². The van der Waals surface area contributed by atoms with Gasteiger partial charge in [0, 0.05) is 0 Å². The minimum atomic E-state index is -1.75. The number of hydrogen-bond donors (Lipinski definition) is 1. The van der Waals surface area contributed by atoms with E-state index in [1.54, 1.807) is 0 Å². The van der Waals surface area contributed by atoms with Crippen molar-refractivity contribution in [2.45, 2.75) is 200 Å². The molecular formula is C37H70O2Si. The second-order valence-electron chi connectivity index (χ2n) is 17.5. The summed E-state index contributed by atoms with van der Waals surface area (Å²) in [4.78, 5) is 0. The molecule has 0 amide bonds. The van der Waals surface area contributed by atoms with Gasteiger partial charge in [-0.15, -0.1) is 0 Å². The van der Waals surface area contributed by atoms with E-state index < -0.39 is 8.32 Å². The Balaban J connectivity index is 1.27. The van der Waals surface area contributed by atoms with E-state index in [4.69, 9.17) is 4.43 Å². The summed E-state index contributed by atoms with van der Waals surface area (Å²) in [7, 11) is -1.75. The Morgan fingerprint density at radius 2 is 1.32 bits per heavy atom. The molecule has 0 aromatic rings. The first kappa shape index (κ1) is 33.0. The monoisotopic (exact) mass is 575 g/mol. The van der Waals surface area contributed by atoms with Crippen molar-refractivity contribution in [3.8, 4) is 0 Å². The van der Waals surface area contributed by atoms with Crippen LogP contribution in [-0.2, 0) is 4.43 Å². The highest BCUT2D eigenvalue weighted by Crippen LogP contribution is 2.67. The fraction of sp³-hybridized carbons (Fsp3) is 1.00. The van der Waals surface area contributed by atoms with E-state index in [2.05, 4.69) is 54.6 Å². The van der Waals surface area contributed by atoms with E-state index >= 15 is 0 Å². The molecule has 0 bridgehead atoms. The molecule has 4 aliphatic rings. The molecule has 4 aliphatic carbocycles. The third-order valence-electron chi connectivity index (χ3n) is 14.0. The van der Waals surface area contributed by atoms with Gasteiger partial charge in [0.2, 0.25) is 0 Å². The van der Waals surface area contributed by atoms with Gasteiger partial charge in [0.05, 0.1) is 11.7 Å². The minimum Gasteiger partial charge on any atom is -0.413 e. The zero-order chi connectivity index (χ0) is 29.2. The smallest absolute Gasteiger partial charge is 0.192 e. The van der Waals surface area contributed by atoms with Crippen molar-refractivity contribution in [2.75, 3.05) is 0 Å². The van der Waals surface area contributed by atoms with Crippen LogP contribution >= 0.6 is 0 Å². The molecule has 0 aliphatic heterocycles. The maximum atomic E-state index is 11.7. The van der Waals surface area contributed by atoms with Gasteiger partial charge in [-0.3, -0.25) is 0 Å². The zero-order valence-corrected chi connectivity index (χ0v) is 29.4. The van der Waals surface area contributed by atoms with Crippen LogP contribution < -0.4 is 0 Å². The van der Waals surface area contributed by atoms with Crippen LogP contribution in [0.4, 0.5) is 0 Å². The number of rotatable bonds is 13. The predicted molar refractivity (Wildman–Crippen MR) is 175 cm³/mol. The van der Waals surface area contributed by atoms with E-state index in [1.807, 2.05) is 0 Å². The summed E-state index contributed by atoms with van der Waals surface area (Å²) in [5.74, 6) is 3.35. The second-order valence-corrected chi connectivity index (χ2v) is 22.3. The largest absolute Gasteiger partial charge is 0.413 e. The van der Waals surface area contributed by atoms with Crippen molar-refractivity contribution < 1.29 is 9.53 Å². The van der Waals surface area contributed by atoms with Crippen molar-refractivity contribution in [3.63, 3.8) is 0 Å². The van der Waals surface area contributed by atoms with Crippen LogP contribution in [0.2, 0.25) is 18.1 Å². The van der Waals surface area contributed by atoms with Crippen LogP contribution in [-0.4, -0.2) is 25.1 Å². The Morgan fingerprint density at radius 3 is 1.95 bits per heavy atom. The third kappa shape index (κ3) is 6.93. The first-order valence-electron chi connectivity index (χ1n) is 18.2. The van der Waals surface area contributed by atoms with Crippen molar-refractivity contribution in [1.29, 1.82) is 0 Å². The first-order chi connectivity index (χ1) is 18.8. The molecule has 0 spiro atoms. The molecule has 4 fully saturated rings. The van der Waals surface area contributed by atoms with Crippen LogP contribution in [0.3, 0.4) is 0 Å². The normalized spacial score (nSPS) is 40.0. The van der Waals surface area contributed by atoms with Gasteiger partial charge in [-0.05, 0) is 117 Å². The van der Waals surface area contributed by atoms with E-state index in [0.717, 1.165) is 42.9 Å². The first-order valence-corrected chi connectivity index (χ1v) is 21.1. The molecule has 4 saturated carbocycles. The lowest BCUT2D eigenvalue weighted by Gasteiger charge is -2.62. The highest BCUT2D eigenvalue weighted by molar-refractivity contribution is 6.74. The molecule has 0 aromatic carbocycles. The molecule has 3 heteroatoms. The molecule has 0 unspecified atom stereocenters. The van der Waals surface area contributed by atoms with E-state index in [9.17, 15) is 5.11 Å². The average Bonchev–Trinajstić information content (AvgIpc) is 3.20. The summed E-state index contributed by atoms with van der Waals surface area (Å²) in [5.41, 5.74) is 0.452. The Morgan fingerprint density at radius 1 is 0.725 bits per heavy atom. The third-order valence-corrected chi connectivity index (χ3v) is 18.5. The standard InChI is InChI=1S/C37H70O2Si/c1-9-10-11-12-13-14-15-16-17-18-24-37(38)27-26-35(5)29(28-37)19-20-30-31-21-22-33(36(31,6)25-23-32(30)35)39-40(7,8)34(2,3)4/h29-33,38H,9-28H2,1-8H3/t29-,30-,31-,32-,33-,35-,36-,37-/m0/s1. The van der Waals surface area contributed by atoms with Gasteiger partial charge in [-0.25, -0.2) is 0 Å². The van der Waals surface area contributed by atoms with E-state index in [1.165, 1.54) is 109 Å². The van der Waals surface area contributed by atoms with Crippen LogP contribution in [0.5, 0.6) is 0 Å². The van der Waals surface area contributed by atoms with Crippen molar-refractivity contribution >= 4 is 8.32 Å². The summed E-state index contributed by atoms with van der Waals surface area (Å²) >= 11 is 0. The predicted octanol–water partition coefficient (Wildman–Crippen LogP) is 11.5. The van der Waals surface area contributed by atoms with Gasteiger partial charge in [-0.1, -0.05) is 106 Å². The summed E-state index contributed by atoms with van der Waals surface area (Å²) in [5, 5.41) is 12.0. The Labute approximate surface area is 251 Å². The zero-order valence-electron chi connectivity index (χ0n) is 28.4. The van der Waals surface area contributed by atoms with Crippen molar-refractivity contribution in [1.82, 2.24) is 0 Å². The molecule has 2 nitrogen and oxygen atoms in total.